The second-order valence-corrected chi connectivity index (χ2v) is 6.67. The summed E-state index contributed by atoms with van der Waals surface area (Å²) in [6.45, 7) is 0. The first-order valence-corrected chi connectivity index (χ1v) is 8.74. The van der Waals surface area contributed by atoms with Crippen molar-refractivity contribution in [1.29, 1.82) is 0 Å². The van der Waals surface area contributed by atoms with Gasteiger partial charge in [-0.25, -0.2) is 0 Å². The zero-order valence-corrected chi connectivity index (χ0v) is 13.7. The van der Waals surface area contributed by atoms with Gasteiger partial charge in [0.1, 0.15) is 0 Å². The number of nitrogens with two attached hydrogens (primary N) is 1. The molecule has 1 aromatic heterocycles. The zero-order chi connectivity index (χ0) is 16.1. The van der Waals surface area contributed by atoms with Crippen LogP contribution in [-0.2, 0) is 17.6 Å². The Kier molecular flexibility index (Phi) is 5.16. The van der Waals surface area contributed by atoms with Crippen LogP contribution >= 0.6 is 11.8 Å². The average Bonchev–Trinajstić information content (AvgIpc) is 2.99. The number of aryl methyl sites for hydroxylation is 1. The predicted octanol–water partition coefficient (Wildman–Crippen LogP) is 3.54. The Hall–Kier alpha value is -2.04. The van der Waals surface area contributed by atoms with Gasteiger partial charge in [0.05, 0.1) is 6.04 Å². The van der Waals surface area contributed by atoms with E-state index in [1.807, 2.05) is 42.6 Å². The van der Waals surface area contributed by atoms with Gasteiger partial charge in [0, 0.05) is 22.9 Å². The first-order chi connectivity index (χ1) is 11.2. The molecule has 0 saturated heterocycles. The molecule has 3 aromatic rings. The van der Waals surface area contributed by atoms with Crippen molar-refractivity contribution in [3.05, 3.63) is 71.9 Å². The van der Waals surface area contributed by atoms with Gasteiger partial charge in [0.2, 0.25) is 5.12 Å². The van der Waals surface area contributed by atoms with Crippen LogP contribution in [-0.4, -0.2) is 21.9 Å². The van der Waals surface area contributed by atoms with E-state index in [1.165, 1.54) is 17.3 Å². The fourth-order valence-electron chi connectivity index (χ4n) is 2.64. The standard InChI is InChI=1S/C19H20N2OS/c20-17(12-15-13-21-18-9-5-4-8-16(15)18)19(22)23-11-10-14-6-2-1-3-7-14/h1-9,13,17,21H,10-12,20H2/t17-/m0/s1. The van der Waals surface area contributed by atoms with Crippen molar-refractivity contribution >= 4 is 27.8 Å². The summed E-state index contributed by atoms with van der Waals surface area (Å²) in [6, 6.07) is 17.8. The van der Waals surface area contributed by atoms with Gasteiger partial charge in [-0.05, 0) is 30.0 Å². The summed E-state index contributed by atoms with van der Waals surface area (Å²) in [5.74, 6) is 0.768. The van der Waals surface area contributed by atoms with Gasteiger partial charge < -0.3 is 10.7 Å². The number of hydrogen-bond acceptors (Lipinski definition) is 3. The monoisotopic (exact) mass is 324 g/mol. The van der Waals surface area contributed by atoms with Gasteiger partial charge in [-0.1, -0.05) is 60.3 Å². The van der Waals surface area contributed by atoms with Crippen LogP contribution in [0.5, 0.6) is 0 Å². The highest BCUT2D eigenvalue weighted by Gasteiger charge is 2.16. The van der Waals surface area contributed by atoms with Crippen LogP contribution < -0.4 is 5.73 Å². The van der Waals surface area contributed by atoms with Crippen LogP contribution in [0, 0.1) is 0 Å². The fourth-order valence-corrected chi connectivity index (χ4v) is 3.48. The number of rotatable bonds is 6. The smallest absolute Gasteiger partial charge is 0.205 e. The van der Waals surface area contributed by atoms with Gasteiger partial charge in [-0.15, -0.1) is 0 Å². The minimum absolute atomic E-state index is 0.0613. The molecule has 118 valence electrons. The molecule has 3 rings (SSSR count). The third kappa shape index (κ3) is 4.03. The highest BCUT2D eigenvalue weighted by Crippen LogP contribution is 2.20. The number of para-hydroxylation sites is 1. The van der Waals surface area contributed by atoms with Crippen molar-refractivity contribution in [2.24, 2.45) is 5.73 Å². The molecule has 4 heteroatoms. The lowest BCUT2D eigenvalue weighted by atomic mass is 10.1. The fraction of sp³-hybridized carbons (Fsp3) is 0.211. The Morgan fingerprint density at radius 2 is 1.83 bits per heavy atom. The normalized spacial score (nSPS) is 12.4. The van der Waals surface area contributed by atoms with Crippen LogP contribution in [0.2, 0.25) is 0 Å². The molecule has 0 saturated carbocycles. The van der Waals surface area contributed by atoms with Crippen LogP contribution in [0.3, 0.4) is 0 Å². The van der Waals surface area contributed by atoms with Crippen molar-refractivity contribution in [2.45, 2.75) is 18.9 Å². The Morgan fingerprint density at radius 1 is 1.09 bits per heavy atom. The second-order valence-electron chi connectivity index (χ2n) is 5.57. The van der Waals surface area contributed by atoms with E-state index in [-0.39, 0.29) is 5.12 Å². The van der Waals surface area contributed by atoms with E-state index in [0.717, 1.165) is 28.6 Å². The van der Waals surface area contributed by atoms with Crippen molar-refractivity contribution < 1.29 is 4.79 Å². The highest BCUT2D eigenvalue weighted by atomic mass is 32.2. The Labute approximate surface area is 140 Å². The topological polar surface area (TPSA) is 58.9 Å². The highest BCUT2D eigenvalue weighted by molar-refractivity contribution is 8.13. The SMILES string of the molecule is N[C@@H](Cc1c[nH]c2ccccc12)C(=O)SCCc1ccccc1. The lowest BCUT2D eigenvalue weighted by Gasteiger charge is -2.09. The molecule has 0 aliphatic rings. The summed E-state index contributed by atoms with van der Waals surface area (Å²) in [7, 11) is 0. The minimum Gasteiger partial charge on any atom is -0.361 e. The molecule has 0 radical (unpaired) electrons. The maximum absolute atomic E-state index is 12.2. The van der Waals surface area contributed by atoms with Gasteiger partial charge in [0.15, 0.2) is 0 Å². The van der Waals surface area contributed by atoms with Gasteiger partial charge >= 0.3 is 0 Å². The molecule has 3 nitrogen and oxygen atoms in total. The number of nitrogens with one attached hydrogen (secondary N) is 1. The molecule has 1 atom stereocenters. The van der Waals surface area contributed by atoms with E-state index in [1.54, 1.807) is 0 Å². The number of carbonyl (C=O) groups excluding carboxylic acids is 1. The van der Waals surface area contributed by atoms with Crippen molar-refractivity contribution in [3.63, 3.8) is 0 Å². The molecular formula is C19H20N2OS. The predicted molar refractivity (Wildman–Crippen MR) is 97.6 cm³/mol. The molecule has 2 aromatic carbocycles. The lowest BCUT2D eigenvalue weighted by molar-refractivity contribution is -0.112. The third-order valence-electron chi connectivity index (χ3n) is 3.90. The Morgan fingerprint density at radius 3 is 2.65 bits per heavy atom. The molecule has 23 heavy (non-hydrogen) atoms. The summed E-state index contributed by atoms with van der Waals surface area (Å²) >= 11 is 1.33. The summed E-state index contributed by atoms with van der Waals surface area (Å²) in [5.41, 5.74) is 9.53. The number of thioether (sulfide) groups is 1. The summed E-state index contributed by atoms with van der Waals surface area (Å²) in [4.78, 5) is 15.4. The third-order valence-corrected chi connectivity index (χ3v) is 4.89. The van der Waals surface area contributed by atoms with E-state index in [2.05, 4.69) is 23.2 Å². The number of H-pyrrole nitrogens is 1. The van der Waals surface area contributed by atoms with Crippen molar-refractivity contribution in [1.82, 2.24) is 4.98 Å². The van der Waals surface area contributed by atoms with Crippen LogP contribution in [0.1, 0.15) is 11.1 Å². The molecule has 0 amide bonds. The van der Waals surface area contributed by atoms with E-state index in [9.17, 15) is 4.79 Å². The summed E-state index contributed by atoms with van der Waals surface area (Å²) in [5, 5.41) is 1.20. The van der Waals surface area contributed by atoms with Crippen LogP contribution in [0.4, 0.5) is 0 Å². The van der Waals surface area contributed by atoms with E-state index >= 15 is 0 Å². The van der Waals surface area contributed by atoms with Gasteiger partial charge in [-0.2, -0.15) is 0 Å². The Balaban J connectivity index is 1.53. The molecule has 1 heterocycles. The number of aromatic amines is 1. The lowest BCUT2D eigenvalue weighted by Crippen LogP contribution is -2.30. The number of carbonyl (C=O) groups is 1. The number of hydrogen-bond donors (Lipinski definition) is 2. The van der Waals surface area contributed by atoms with E-state index in [0.29, 0.717) is 6.42 Å². The second kappa shape index (κ2) is 7.49. The molecule has 0 spiro atoms. The molecular weight excluding hydrogens is 304 g/mol. The van der Waals surface area contributed by atoms with Crippen LogP contribution in [0.15, 0.2) is 60.8 Å². The summed E-state index contributed by atoms with van der Waals surface area (Å²) in [6.07, 6.45) is 3.41. The first kappa shape index (κ1) is 15.8. The number of aromatic nitrogens is 1. The molecule has 0 bridgehead atoms. The van der Waals surface area contributed by atoms with E-state index in [4.69, 9.17) is 5.73 Å². The van der Waals surface area contributed by atoms with Gasteiger partial charge in [-0.3, -0.25) is 4.79 Å². The van der Waals surface area contributed by atoms with Crippen molar-refractivity contribution in [2.75, 3.05) is 5.75 Å². The average molecular weight is 324 g/mol. The minimum atomic E-state index is -0.463. The quantitative estimate of drug-likeness (QED) is 0.729. The number of fused-ring (bicyclic) bond motifs is 1. The molecule has 0 unspecified atom stereocenters. The molecule has 0 fully saturated rings. The van der Waals surface area contributed by atoms with Crippen LogP contribution in [0.25, 0.3) is 10.9 Å². The number of benzene rings is 2. The summed E-state index contributed by atoms with van der Waals surface area (Å²) < 4.78 is 0. The molecule has 0 aliphatic heterocycles. The van der Waals surface area contributed by atoms with E-state index < -0.39 is 6.04 Å². The Bertz CT molecular complexity index is 782. The first-order valence-electron chi connectivity index (χ1n) is 7.75. The maximum Gasteiger partial charge on any atom is 0.205 e. The van der Waals surface area contributed by atoms with Crippen molar-refractivity contribution in [3.8, 4) is 0 Å². The maximum atomic E-state index is 12.2. The molecule has 0 aliphatic carbocycles. The van der Waals surface area contributed by atoms with Gasteiger partial charge in [0.25, 0.3) is 0 Å². The molecule has 3 N–H and O–H groups in total. The largest absolute Gasteiger partial charge is 0.361 e. The zero-order valence-electron chi connectivity index (χ0n) is 12.9.